The van der Waals surface area contributed by atoms with Gasteiger partial charge in [0.25, 0.3) is 5.91 Å². The van der Waals surface area contributed by atoms with Gasteiger partial charge >= 0.3 is 0 Å². The van der Waals surface area contributed by atoms with Crippen LogP contribution in [-0.2, 0) is 4.74 Å². The molecule has 6 nitrogen and oxygen atoms in total. The van der Waals surface area contributed by atoms with Crippen molar-refractivity contribution in [2.75, 3.05) is 51.4 Å². The van der Waals surface area contributed by atoms with Gasteiger partial charge in [-0.15, -0.1) is 0 Å². The Hall–Kier alpha value is -2.48. The average Bonchev–Trinajstić information content (AvgIpc) is 3.18. The molecule has 7 heteroatoms. The van der Waals surface area contributed by atoms with Crippen molar-refractivity contribution in [1.82, 2.24) is 4.98 Å². The molecule has 1 saturated heterocycles. The number of carbonyl (C=O) groups is 1. The maximum atomic E-state index is 13.3. The second-order valence-electron chi connectivity index (χ2n) is 6.77. The number of hydrogen-bond acceptors (Lipinski definition) is 5. The zero-order valence-electron chi connectivity index (χ0n) is 15.9. The highest BCUT2D eigenvalue weighted by molar-refractivity contribution is 7.22. The van der Waals surface area contributed by atoms with Crippen LogP contribution in [0.2, 0.25) is 0 Å². The maximum Gasteiger partial charge on any atom is 0.260 e. The number of nitrogens with zero attached hydrogens (tertiary/aromatic N) is 2. The molecular formula is C21H24N3O3S+. The SMILES string of the molecule is COc1ccc2sc(N(CC[NH+]3CCOCC3)C(=O)c3ccccc3)nc2c1. The number of benzene rings is 2. The van der Waals surface area contributed by atoms with Gasteiger partial charge in [-0.3, -0.25) is 9.69 Å². The highest BCUT2D eigenvalue weighted by atomic mass is 32.1. The number of fused-ring (bicyclic) bond motifs is 1. The third-order valence-corrected chi connectivity index (χ3v) is 6.03. The number of carbonyl (C=O) groups excluding carboxylic acids is 1. The topological polar surface area (TPSA) is 56.1 Å². The largest absolute Gasteiger partial charge is 0.497 e. The normalized spacial score (nSPS) is 14.9. The molecule has 3 aromatic rings. The second-order valence-corrected chi connectivity index (χ2v) is 7.77. The Balaban J connectivity index is 1.62. The number of morpholine rings is 1. The molecule has 1 N–H and O–H groups in total. The van der Waals surface area contributed by atoms with Gasteiger partial charge in [0, 0.05) is 11.6 Å². The standard InChI is InChI=1S/C21H23N3O3S/c1-26-17-7-8-19-18(15-17)22-21(28-19)24(10-9-23-11-13-27-14-12-23)20(25)16-5-3-2-4-6-16/h2-8,15H,9-14H2,1H3/p+1. The van der Waals surface area contributed by atoms with Crippen molar-refractivity contribution < 1.29 is 19.2 Å². The van der Waals surface area contributed by atoms with E-state index in [1.807, 2.05) is 53.4 Å². The lowest BCUT2D eigenvalue weighted by Gasteiger charge is -2.26. The van der Waals surface area contributed by atoms with Crippen LogP contribution in [0.4, 0.5) is 5.13 Å². The van der Waals surface area contributed by atoms with E-state index in [1.54, 1.807) is 7.11 Å². The van der Waals surface area contributed by atoms with Gasteiger partial charge in [0.05, 0.1) is 43.6 Å². The Bertz CT molecular complexity index is 938. The molecule has 1 aliphatic heterocycles. The molecular weight excluding hydrogens is 374 g/mol. The first-order valence-corrected chi connectivity index (χ1v) is 10.3. The molecule has 28 heavy (non-hydrogen) atoms. The van der Waals surface area contributed by atoms with Crippen LogP contribution in [0.5, 0.6) is 5.75 Å². The quantitative estimate of drug-likeness (QED) is 0.689. The first-order chi connectivity index (χ1) is 13.7. The molecule has 0 spiro atoms. The summed E-state index contributed by atoms with van der Waals surface area (Å²) >= 11 is 1.54. The Morgan fingerprint density at radius 2 is 2.00 bits per heavy atom. The van der Waals surface area contributed by atoms with Gasteiger partial charge in [0.2, 0.25) is 0 Å². The molecule has 0 bridgehead atoms. The number of rotatable bonds is 6. The van der Waals surface area contributed by atoms with Crippen LogP contribution in [-0.4, -0.2) is 57.4 Å². The summed E-state index contributed by atoms with van der Waals surface area (Å²) in [6.07, 6.45) is 0. The second kappa shape index (κ2) is 8.68. The van der Waals surface area contributed by atoms with E-state index in [4.69, 9.17) is 14.5 Å². The molecule has 2 heterocycles. The van der Waals surface area contributed by atoms with E-state index < -0.39 is 0 Å². The van der Waals surface area contributed by atoms with E-state index in [0.29, 0.717) is 12.1 Å². The summed E-state index contributed by atoms with van der Waals surface area (Å²) in [5, 5.41) is 0.727. The predicted octanol–water partition coefficient (Wildman–Crippen LogP) is 1.87. The Morgan fingerprint density at radius 3 is 2.75 bits per heavy atom. The number of thiazole rings is 1. The lowest BCUT2D eigenvalue weighted by atomic mass is 10.2. The molecule has 0 aliphatic carbocycles. The number of anilines is 1. The fraction of sp³-hybridized carbons (Fsp3) is 0.333. The molecule has 0 saturated carbocycles. The summed E-state index contributed by atoms with van der Waals surface area (Å²) in [4.78, 5) is 21.3. The summed E-state index contributed by atoms with van der Waals surface area (Å²) in [6, 6.07) is 15.2. The minimum absolute atomic E-state index is 0.0146. The Labute approximate surface area is 168 Å². The van der Waals surface area contributed by atoms with E-state index in [0.717, 1.165) is 53.9 Å². The summed E-state index contributed by atoms with van der Waals surface area (Å²) < 4.78 is 11.8. The third-order valence-electron chi connectivity index (χ3n) is 4.97. The molecule has 146 valence electrons. The third kappa shape index (κ3) is 4.16. The van der Waals surface area contributed by atoms with Crippen LogP contribution in [0.3, 0.4) is 0 Å². The highest BCUT2D eigenvalue weighted by Crippen LogP contribution is 2.31. The van der Waals surface area contributed by atoms with E-state index in [1.165, 1.54) is 16.2 Å². The molecule has 2 aromatic carbocycles. The van der Waals surface area contributed by atoms with Gasteiger partial charge in [-0.05, 0) is 24.3 Å². The number of amides is 1. The molecule has 1 amide bonds. The number of methoxy groups -OCH3 is 1. The van der Waals surface area contributed by atoms with Crippen LogP contribution in [0, 0.1) is 0 Å². The zero-order valence-corrected chi connectivity index (χ0v) is 16.7. The van der Waals surface area contributed by atoms with E-state index in [-0.39, 0.29) is 5.91 Å². The van der Waals surface area contributed by atoms with Crippen molar-refractivity contribution in [2.24, 2.45) is 0 Å². The average molecular weight is 399 g/mol. The Kier molecular flexibility index (Phi) is 5.85. The van der Waals surface area contributed by atoms with Crippen molar-refractivity contribution in [3.8, 4) is 5.75 Å². The van der Waals surface area contributed by atoms with Crippen LogP contribution in [0.25, 0.3) is 10.2 Å². The first-order valence-electron chi connectivity index (χ1n) is 9.47. The van der Waals surface area contributed by atoms with Gasteiger partial charge in [-0.1, -0.05) is 29.5 Å². The molecule has 1 aromatic heterocycles. The van der Waals surface area contributed by atoms with Gasteiger partial charge in [0.1, 0.15) is 18.8 Å². The maximum absolute atomic E-state index is 13.3. The summed E-state index contributed by atoms with van der Waals surface area (Å²) in [7, 11) is 1.64. The summed E-state index contributed by atoms with van der Waals surface area (Å²) in [6.45, 7) is 5.02. The minimum atomic E-state index is -0.0146. The molecule has 1 aliphatic rings. The molecule has 0 atom stereocenters. The minimum Gasteiger partial charge on any atom is -0.497 e. The van der Waals surface area contributed by atoms with Gasteiger partial charge in [0.15, 0.2) is 5.13 Å². The molecule has 0 radical (unpaired) electrons. The smallest absolute Gasteiger partial charge is 0.260 e. The van der Waals surface area contributed by atoms with Gasteiger partial charge < -0.3 is 14.4 Å². The predicted molar refractivity (Wildman–Crippen MR) is 111 cm³/mol. The summed E-state index contributed by atoms with van der Waals surface area (Å²) in [5.41, 5.74) is 1.53. The van der Waals surface area contributed by atoms with Crippen LogP contribution in [0.15, 0.2) is 48.5 Å². The van der Waals surface area contributed by atoms with E-state index in [9.17, 15) is 4.79 Å². The monoisotopic (exact) mass is 398 g/mol. The van der Waals surface area contributed by atoms with Crippen molar-refractivity contribution in [2.45, 2.75) is 0 Å². The lowest BCUT2D eigenvalue weighted by molar-refractivity contribution is -0.906. The van der Waals surface area contributed by atoms with Gasteiger partial charge in [-0.2, -0.15) is 0 Å². The lowest BCUT2D eigenvalue weighted by Crippen LogP contribution is -3.14. The molecule has 0 unspecified atom stereocenters. The van der Waals surface area contributed by atoms with Crippen molar-refractivity contribution >= 4 is 32.6 Å². The van der Waals surface area contributed by atoms with Crippen LogP contribution in [0.1, 0.15) is 10.4 Å². The molecule has 4 rings (SSSR count). The zero-order chi connectivity index (χ0) is 19.3. The highest BCUT2D eigenvalue weighted by Gasteiger charge is 2.24. The van der Waals surface area contributed by atoms with Crippen LogP contribution < -0.4 is 14.5 Å². The summed E-state index contributed by atoms with van der Waals surface area (Å²) in [5.74, 6) is 0.752. The van der Waals surface area contributed by atoms with E-state index >= 15 is 0 Å². The van der Waals surface area contributed by atoms with Crippen molar-refractivity contribution in [3.63, 3.8) is 0 Å². The van der Waals surface area contributed by atoms with Crippen LogP contribution >= 0.6 is 11.3 Å². The molecule has 1 fully saturated rings. The number of ether oxygens (including phenoxy) is 2. The number of hydrogen-bond donors (Lipinski definition) is 1. The number of quaternary nitrogens is 1. The van der Waals surface area contributed by atoms with Gasteiger partial charge in [-0.25, -0.2) is 4.98 Å². The number of nitrogens with one attached hydrogen (secondary N) is 1. The van der Waals surface area contributed by atoms with Crippen molar-refractivity contribution in [1.29, 1.82) is 0 Å². The fourth-order valence-corrected chi connectivity index (χ4v) is 4.31. The number of aromatic nitrogens is 1. The van der Waals surface area contributed by atoms with Crippen molar-refractivity contribution in [3.05, 3.63) is 54.1 Å². The fourth-order valence-electron chi connectivity index (χ4n) is 3.34. The first kappa shape index (κ1) is 18.9. The van der Waals surface area contributed by atoms with E-state index in [2.05, 4.69) is 0 Å². The Morgan fingerprint density at radius 1 is 1.21 bits per heavy atom.